The van der Waals surface area contributed by atoms with E-state index >= 15 is 0 Å². The summed E-state index contributed by atoms with van der Waals surface area (Å²) in [6, 6.07) is 0.784. The molecule has 2 aliphatic rings. The molecule has 0 aromatic carbocycles. The molecule has 1 saturated carbocycles. The molecule has 1 aliphatic heterocycles. The van der Waals surface area contributed by atoms with Crippen LogP contribution in [-0.2, 0) is 11.3 Å². The Morgan fingerprint density at radius 1 is 1.35 bits per heavy atom. The van der Waals surface area contributed by atoms with Crippen LogP contribution in [0.3, 0.4) is 0 Å². The van der Waals surface area contributed by atoms with Gasteiger partial charge in [-0.05, 0) is 38.2 Å². The van der Waals surface area contributed by atoms with Gasteiger partial charge in [0.2, 0.25) is 0 Å². The Balaban J connectivity index is 1.43. The first-order chi connectivity index (χ1) is 8.29. The maximum Gasteiger partial charge on any atom is 0.0776 e. The van der Waals surface area contributed by atoms with Gasteiger partial charge >= 0.3 is 0 Å². The van der Waals surface area contributed by atoms with E-state index in [-0.39, 0.29) is 0 Å². The summed E-state index contributed by atoms with van der Waals surface area (Å²) in [5.41, 5.74) is 1.22. The van der Waals surface area contributed by atoms with Crippen LogP contribution in [0.15, 0.2) is 12.4 Å². The molecule has 4 nitrogen and oxygen atoms in total. The fraction of sp³-hybridized carbons (Fsp3) is 0.769. The third kappa shape index (κ3) is 3.07. The van der Waals surface area contributed by atoms with Crippen molar-refractivity contribution in [3.8, 4) is 0 Å². The Hall–Kier alpha value is -0.870. The SMILES string of the molecule is Cc1cnn(CC2CCC(CNC3CC3)O2)c1. The van der Waals surface area contributed by atoms with Gasteiger partial charge in [-0.3, -0.25) is 4.68 Å². The van der Waals surface area contributed by atoms with Crippen molar-refractivity contribution < 1.29 is 4.74 Å². The molecule has 4 heteroatoms. The Labute approximate surface area is 102 Å². The lowest BCUT2D eigenvalue weighted by Crippen LogP contribution is -2.29. The van der Waals surface area contributed by atoms with Gasteiger partial charge in [0.15, 0.2) is 0 Å². The summed E-state index contributed by atoms with van der Waals surface area (Å²) in [6.07, 6.45) is 9.80. The van der Waals surface area contributed by atoms with Crippen LogP contribution in [-0.4, -0.2) is 34.6 Å². The summed E-state index contributed by atoms with van der Waals surface area (Å²) >= 11 is 0. The lowest BCUT2D eigenvalue weighted by atomic mass is 10.2. The number of nitrogens with zero attached hydrogens (tertiary/aromatic N) is 2. The average Bonchev–Trinajstić information content (AvgIpc) is 2.90. The number of hydrogen-bond acceptors (Lipinski definition) is 3. The summed E-state index contributed by atoms with van der Waals surface area (Å²) < 4.78 is 8.03. The maximum absolute atomic E-state index is 6.03. The highest BCUT2D eigenvalue weighted by atomic mass is 16.5. The predicted molar refractivity (Wildman–Crippen MR) is 65.9 cm³/mol. The van der Waals surface area contributed by atoms with Gasteiger partial charge in [0, 0.05) is 18.8 Å². The molecule has 1 aromatic heterocycles. The van der Waals surface area contributed by atoms with Gasteiger partial charge in [-0.15, -0.1) is 0 Å². The minimum absolute atomic E-state index is 0.348. The van der Waals surface area contributed by atoms with Crippen molar-refractivity contribution in [2.45, 2.75) is 57.4 Å². The Kier molecular flexibility index (Phi) is 3.16. The molecular formula is C13H21N3O. The molecule has 2 fully saturated rings. The average molecular weight is 235 g/mol. The molecule has 1 aromatic rings. The minimum Gasteiger partial charge on any atom is -0.372 e. The highest BCUT2D eigenvalue weighted by Gasteiger charge is 2.28. The topological polar surface area (TPSA) is 39.1 Å². The Bertz CT molecular complexity index is 372. The second-order valence-electron chi connectivity index (χ2n) is 5.38. The van der Waals surface area contributed by atoms with Gasteiger partial charge in [0.05, 0.1) is 24.9 Å². The summed E-state index contributed by atoms with van der Waals surface area (Å²) in [7, 11) is 0. The van der Waals surface area contributed by atoms with E-state index < -0.39 is 0 Å². The largest absolute Gasteiger partial charge is 0.372 e. The molecule has 0 bridgehead atoms. The molecular weight excluding hydrogens is 214 g/mol. The van der Waals surface area contributed by atoms with Crippen LogP contribution in [0.4, 0.5) is 0 Å². The predicted octanol–water partition coefficient (Wildman–Crippen LogP) is 1.49. The number of nitrogens with one attached hydrogen (secondary N) is 1. The molecule has 94 valence electrons. The normalized spacial score (nSPS) is 28.8. The first kappa shape index (κ1) is 11.2. The minimum atomic E-state index is 0.348. The maximum atomic E-state index is 6.03. The molecule has 2 heterocycles. The molecule has 17 heavy (non-hydrogen) atoms. The summed E-state index contributed by atoms with van der Waals surface area (Å²) in [4.78, 5) is 0. The van der Waals surface area contributed by atoms with Crippen LogP contribution in [0.2, 0.25) is 0 Å². The zero-order chi connectivity index (χ0) is 11.7. The van der Waals surface area contributed by atoms with Gasteiger partial charge in [-0.25, -0.2) is 0 Å². The monoisotopic (exact) mass is 235 g/mol. The quantitative estimate of drug-likeness (QED) is 0.840. The van der Waals surface area contributed by atoms with Crippen LogP contribution in [0, 0.1) is 6.92 Å². The standard InChI is InChI=1S/C13H21N3O/c1-10-6-15-16(8-10)9-13-5-4-12(17-13)7-14-11-2-3-11/h6,8,11-14H,2-5,7,9H2,1H3. The van der Waals surface area contributed by atoms with E-state index in [0.717, 1.165) is 25.6 Å². The fourth-order valence-corrected chi connectivity index (χ4v) is 2.43. The molecule has 1 saturated heterocycles. The van der Waals surface area contributed by atoms with Crippen LogP contribution >= 0.6 is 0 Å². The lowest BCUT2D eigenvalue weighted by molar-refractivity contribution is 0.0340. The van der Waals surface area contributed by atoms with Crippen molar-refractivity contribution in [2.24, 2.45) is 0 Å². The smallest absolute Gasteiger partial charge is 0.0776 e. The molecule has 0 radical (unpaired) electrons. The van der Waals surface area contributed by atoms with Crippen LogP contribution < -0.4 is 5.32 Å². The van der Waals surface area contributed by atoms with Crippen molar-refractivity contribution in [1.29, 1.82) is 0 Å². The first-order valence-electron chi connectivity index (χ1n) is 6.67. The van der Waals surface area contributed by atoms with Crippen LogP contribution in [0.25, 0.3) is 0 Å². The molecule has 0 spiro atoms. The molecule has 0 amide bonds. The molecule has 2 unspecified atom stereocenters. The number of hydrogen-bond donors (Lipinski definition) is 1. The highest BCUT2D eigenvalue weighted by Crippen LogP contribution is 2.23. The number of aryl methyl sites for hydroxylation is 1. The number of rotatable bonds is 5. The van der Waals surface area contributed by atoms with Gasteiger partial charge in [0.25, 0.3) is 0 Å². The van der Waals surface area contributed by atoms with E-state index in [2.05, 4.69) is 23.5 Å². The molecule has 1 N–H and O–H groups in total. The molecule has 2 atom stereocenters. The molecule has 3 rings (SSSR count). The Morgan fingerprint density at radius 2 is 2.18 bits per heavy atom. The van der Waals surface area contributed by atoms with Gasteiger partial charge < -0.3 is 10.1 Å². The second kappa shape index (κ2) is 4.78. The second-order valence-corrected chi connectivity index (χ2v) is 5.38. The van der Waals surface area contributed by atoms with E-state index in [9.17, 15) is 0 Å². The van der Waals surface area contributed by atoms with Gasteiger partial charge in [0.1, 0.15) is 0 Å². The summed E-state index contributed by atoms with van der Waals surface area (Å²) in [5.74, 6) is 0. The van der Waals surface area contributed by atoms with Crippen LogP contribution in [0.1, 0.15) is 31.2 Å². The first-order valence-corrected chi connectivity index (χ1v) is 6.67. The van der Waals surface area contributed by atoms with E-state index in [0.29, 0.717) is 12.2 Å². The van der Waals surface area contributed by atoms with Crippen molar-refractivity contribution in [2.75, 3.05) is 6.54 Å². The third-order valence-corrected chi connectivity index (χ3v) is 3.56. The van der Waals surface area contributed by atoms with Gasteiger partial charge in [-0.2, -0.15) is 5.10 Å². The van der Waals surface area contributed by atoms with Crippen molar-refractivity contribution in [3.63, 3.8) is 0 Å². The van der Waals surface area contributed by atoms with Crippen LogP contribution in [0.5, 0.6) is 0 Å². The van der Waals surface area contributed by atoms with E-state index in [1.54, 1.807) is 0 Å². The summed E-state index contributed by atoms with van der Waals surface area (Å²) in [5, 5.41) is 7.85. The zero-order valence-electron chi connectivity index (χ0n) is 10.4. The zero-order valence-corrected chi connectivity index (χ0v) is 10.4. The molecule has 1 aliphatic carbocycles. The van der Waals surface area contributed by atoms with E-state index in [1.165, 1.54) is 24.8 Å². The van der Waals surface area contributed by atoms with Gasteiger partial charge in [-0.1, -0.05) is 0 Å². The fourth-order valence-electron chi connectivity index (χ4n) is 2.43. The van der Waals surface area contributed by atoms with Crippen molar-refractivity contribution >= 4 is 0 Å². The summed E-state index contributed by atoms with van der Waals surface area (Å²) in [6.45, 7) is 3.99. The number of aromatic nitrogens is 2. The Morgan fingerprint density at radius 3 is 2.88 bits per heavy atom. The van der Waals surface area contributed by atoms with Crippen molar-refractivity contribution in [3.05, 3.63) is 18.0 Å². The van der Waals surface area contributed by atoms with E-state index in [4.69, 9.17) is 4.74 Å². The lowest BCUT2D eigenvalue weighted by Gasteiger charge is -2.14. The van der Waals surface area contributed by atoms with E-state index in [1.807, 2.05) is 10.9 Å². The van der Waals surface area contributed by atoms with Crippen molar-refractivity contribution in [1.82, 2.24) is 15.1 Å². The number of ether oxygens (including phenoxy) is 1. The highest BCUT2D eigenvalue weighted by molar-refractivity contribution is 4.99. The third-order valence-electron chi connectivity index (χ3n) is 3.56.